The summed E-state index contributed by atoms with van der Waals surface area (Å²) in [5.74, 6) is 1.04. The summed E-state index contributed by atoms with van der Waals surface area (Å²) < 4.78 is 5.62. The van der Waals surface area contributed by atoms with Gasteiger partial charge in [-0.05, 0) is 25.0 Å². The summed E-state index contributed by atoms with van der Waals surface area (Å²) in [5.41, 5.74) is 7.46. The molecule has 4 nitrogen and oxygen atoms in total. The van der Waals surface area contributed by atoms with Crippen LogP contribution in [0.5, 0.6) is 0 Å². The van der Waals surface area contributed by atoms with E-state index in [9.17, 15) is 0 Å². The number of aromatic nitrogens is 2. The molecule has 78 valence electrons. The van der Waals surface area contributed by atoms with E-state index >= 15 is 0 Å². The van der Waals surface area contributed by atoms with E-state index in [4.69, 9.17) is 10.2 Å². The minimum atomic E-state index is 0.193. The van der Waals surface area contributed by atoms with Gasteiger partial charge in [0.25, 0.3) is 0 Å². The molecule has 3 rings (SSSR count). The first-order chi connectivity index (χ1) is 7.34. The van der Waals surface area contributed by atoms with E-state index in [-0.39, 0.29) is 12.0 Å². The fourth-order valence-corrected chi connectivity index (χ4v) is 2.24. The highest BCUT2D eigenvalue weighted by atomic mass is 16.4. The Balaban J connectivity index is 2.04. The second kappa shape index (κ2) is 3.31. The molecule has 0 saturated heterocycles. The number of pyridine rings is 1. The lowest BCUT2D eigenvalue weighted by atomic mass is 10.1. The third-order valence-corrected chi connectivity index (χ3v) is 3.07. The number of oxazole rings is 1. The molecule has 0 spiro atoms. The number of fused-ring (bicyclic) bond motifs is 1. The summed E-state index contributed by atoms with van der Waals surface area (Å²) >= 11 is 0. The fourth-order valence-electron chi connectivity index (χ4n) is 2.24. The lowest BCUT2D eigenvalue weighted by molar-refractivity contribution is 0.445. The molecule has 1 aliphatic rings. The van der Waals surface area contributed by atoms with E-state index in [1.807, 2.05) is 12.1 Å². The predicted octanol–water partition coefficient (Wildman–Crippen LogP) is 1.82. The molecule has 2 unspecified atom stereocenters. The van der Waals surface area contributed by atoms with Gasteiger partial charge in [0, 0.05) is 12.2 Å². The van der Waals surface area contributed by atoms with Crippen LogP contribution in [0, 0.1) is 0 Å². The Kier molecular flexibility index (Phi) is 1.95. The molecule has 0 bridgehead atoms. The molecular formula is C11H13N3O. The van der Waals surface area contributed by atoms with Gasteiger partial charge in [0.2, 0.25) is 11.6 Å². The second-order valence-electron chi connectivity index (χ2n) is 4.08. The van der Waals surface area contributed by atoms with E-state index in [1.165, 1.54) is 0 Å². The van der Waals surface area contributed by atoms with Crippen molar-refractivity contribution in [3.8, 4) is 0 Å². The monoisotopic (exact) mass is 203 g/mol. The van der Waals surface area contributed by atoms with Crippen LogP contribution in [0.25, 0.3) is 11.2 Å². The van der Waals surface area contributed by atoms with Gasteiger partial charge in [-0.15, -0.1) is 0 Å². The van der Waals surface area contributed by atoms with Crippen LogP contribution in [-0.4, -0.2) is 16.0 Å². The Hall–Kier alpha value is -1.42. The lowest BCUT2D eigenvalue weighted by Gasteiger charge is -2.09. The molecule has 2 aromatic rings. The third-order valence-electron chi connectivity index (χ3n) is 3.07. The van der Waals surface area contributed by atoms with Crippen molar-refractivity contribution in [2.45, 2.75) is 31.2 Å². The zero-order valence-electron chi connectivity index (χ0n) is 8.39. The zero-order chi connectivity index (χ0) is 10.3. The largest absolute Gasteiger partial charge is 0.422 e. The van der Waals surface area contributed by atoms with Crippen LogP contribution >= 0.6 is 0 Å². The van der Waals surface area contributed by atoms with E-state index in [2.05, 4.69) is 9.97 Å². The van der Waals surface area contributed by atoms with Crippen LogP contribution in [0.1, 0.15) is 31.1 Å². The maximum absolute atomic E-state index is 6.01. The van der Waals surface area contributed by atoms with Crippen molar-refractivity contribution < 1.29 is 4.42 Å². The normalized spacial score (nSPS) is 26.2. The van der Waals surface area contributed by atoms with Gasteiger partial charge in [-0.3, -0.25) is 0 Å². The van der Waals surface area contributed by atoms with E-state index in [0.29, 0.717) is 5.71 Å². The summed E-state index contributed by atoms with van der Waals surface area (Å²) in [5, 5.41) is 0. The highest BCUT2D eigenvalue weighted by molar-refractivity contribution is 5.67. The maximum Gasteiger partial charge on any atom is 0.246 e. The average molecular weight is 203 g/mol. The summed E-state index contributed by atoms with van der Waals surface area (Å²) in [6, 6.07) is 3.97. The summed E-state index contributed by atoms with van der Waals surface area (Å²) in [7, 11) is 0. The van der Waals surface area contributed by atoms with Gasteiger partial charge in [0.15, 0.2) is 0 Å². The minimum Gasteiger partial charge on any atom is -0.422 e. The summed E-state index contributed by atoms with van der Waals surface area (Å²) in [4.78, 5) is 8.56. The first-order valence-electron chi connectivity index (χ1n) is 5.31. The van der Waals surface area contributed by atoms with Crippen LogP contribution in [-0.2, 0) is 0 Å². The Bertz CT molecular complexity index is 446. The van der Waals surface area contributed by atoms with Crippen LogP contribution in [0.4, 0.5) is 0 Å². The van der Waals surface area contributed by atoms with Gasteiger partial charge in [0.05, 0.1) is 5.92 Å². The number of rotatable bonds is 1. The highest BCUT2D eigenvalue weighted by Crippen LogP contribution is 2.33. The van der Waals surface area contributed by atoms with E-state index in [1.54, 1.807) is 6.20 Å². The average Bonchev–Trinajstić information content (AvgIpc) is 2.82. The Morgan fingerprint density at radius 2 is 2.33 bits per heavy atom. The Labute approximate surface area is 87.5 Å². The quantitative estimate of drug-likeness (QED) is 0.767. The molecule has 4 heteroatoms. The maximum atomic E-state index is 6.01. The topological polar surface area (TPSA) is 64.9 Å². The van der Waals surface area contributed by atoms with Crippen molar-refractivity contribution in [3.63, 3.8) is 0 Å². The number of hydrogen-bond donors (Lipinski definition) is 1. The van der Waals surface area contributed by atoms with Crippen molar-refractivity contribution in [3.05, 3.63) is 24.2 Å². The first kappa shape index (κ1) is 8.85. The number of nitrogens with two attached hydrogens (primary N) is 1. The Morgan fingerprint density at radius 3 is 3.07 bits per heavy atom. The third kappa shape index (κ3) is 1.41. The molecule has 0 amide bonds. The van der Waals surface area contributed by atoms with Gasteiger partial charge < -0.3 is 10.2 Å². The van der Waals surface area contributed by atoms with Crippen molar-refractivity contribution in [1.29, 1.82) is 0 Å². The minimum absolute atomic E-state index is 0.193. The molecular weight excluding hydrogens is 190 g/mol. The molecule has 1 aliphatic carbocycles. The first-order valence-corrected chi connectivity index (χ1v) is 5.31. The number of nitrogens with zero attached hydrogens (tertiary/aromatic N) is 2. The van der Waals surface area contributed by atoms with E-state index in [0.717, 1.165) is 30.7 Å². The van der Waals surface area contributed by atoms with Crippen LogP contribution < -0.4 is 5.73 Å². The van der Waals surface area contributed by atoms with Gasteiger partial charge in [-0.2, -0.15) is 0 Å². The molecule has 0 aliphatic heterocycles. The SMILES string of the molecule is NC1CCCC1c1nc2cccnc2o1. The van der Waals surface area contributed by atoms with Crippen molar-refractivity contribution >= 4 is 11.2 Å². The molecule has 1 fully saturated rings. The van der Waals surface area contributed by atoms with Gasteiger partial charge in [-0.1, -0.05) is 6.42 Å². The predicted molar refractivity (Wildman–Crippen MR) is 56.4 cm³/mol. The molecule has 15 heavy (non-hydrogen) atoms. The fraction of sp³-hybridized carbons (Fsp3) is 0.455. The molecule has 2 aromatic heterocycles. The van der Waals surface area contributed by atoms with E-state index < -0.39 is 0 Å². The highest BCUT2D eigenvalue weighted by Gasteiger charge is 2.29. The zero-order valence-corrected chi connectivity index (χ0v) is 8.39. The molecule has 0 aromatic carbocycles. The molecule has 1 saturated carbocycles. The van der Waals surface area contributed by atoms with Crippen molar-refractivity contribution in [2.75, 3.05) is 0 Å². The standard InChI is InChI=1S/C11H13N3O/c12-8-4-1-3-7(8)10-14-9-5-2-6-13-11(9)15-10/h2,5-8H,1,3-4,12H2. The van der Waals surface area contributed by atoms with Crippen LogP contribution in [0.15, 0.2) is 22.7 Å². The van der Waals surface area contributed by atoms with Gasteiger partial charge in [-0.25, -0.2) is 9.97 Å². The Morgan fingerprint density at radius 1 is 1.40 bits per heavy atom. The second-order valence-corrected chi connectivity index (χ2v) is 4.08. The summed E-state index contributed by atoms with van der Waals surface area (Å²) in [6.45, 7) is 0. The summed E-state index contributed by atoms with van der Waals surface area (Å²) in [6.07, 6.45) is 5.02. The molecule has 2 N–H and O–H groups in total. The van der Waals surface area contributed by atoms with Crippen LogP contribution in [0.2, 0.25) is 0 Å². The van der Waals surface area contributed by atoms with Crippen molar-refractivity contribution in [2.24, 2.45) is 5.73 Å². The lowest BCUT2D eigenvalue weighted by Crippen LogP contribution is -2.22. The van der Waals surface area contributed by atoms with Gasteiger partial charge in [0.1, 0.15) is 5.52 Å². The smallest absolute Gasteiger partial charge is 0.246 e. The number of hydrogen-bond acceptors (Lipinski definition) is 4. The molecule has 2 atom stereocenters. The molecule has 2 heterocycles. The van der Waals surface area contributed by atoms with Crippen LogP contribution in [0.3, 0.4) is 0 Å². The molecule has 0 radical (unpaired) electrons. The van der Waals surface area contributed by atoms with Gasteiger partial charge >= 0.3 is 0 Å². The van der Waals surface area contributed by atoms with Crippen molar-refractivity contribution in [1.82, 2.24) is 9.97 Å².